The van der Waals surface area contributed by atoms with Crippen molar-refractivity contribution < 1.29 is 8.42 Å². The van der Waals surface area contributed by atoms with Gasteiger partial charge >= 0.3 is 0 Å². The molecule has 1 heterocycles. The van der Waals surface area contributed by atoms with Gasteiger partial charge in [-0.1, -0.05) is 6.92 Å². The Balaban J connectivity index is 1.70. The van der Waals surface area contributed by atoms with E-state index in [9.17, 15) is 8.42 Å². The average Bonchev–Trinajstić information content (AvgIpc) is 3.36. The fourth-order valence-corrected chi connectivity index (χ4v) is 4.18. The van der Waals surface area contributed by atoms with Crippen LogP contribution in [0.1, 0.15) is 32.6 Å². The minimum absolute atomic E-state index is 0.223. The van der Waals surface area contributed by atoms with Gasteiger partial charge in [0.05, 0.1) is 12.7 Å². The summed E-state index contributed by atoms with van der Waals surface area (Å²) in [6.45, 7) is 5.13. The first-order valence-electron chi connectivity index (χ1n) is 7.86. The van der Waals surface area contributed by atoms with Crippen LogP contribution in [0.25, 0.3) is 0 Å². The number of nitrogens with one attached hydrogen (secondary N) is 1. The maximum atomic E-state index is 12.8. The molecule has 0 unspecified atom stereocenters. The summed E-state index contributed by atoms with van der Waals surface area (Å²) in [5.41, 5.74) is 0. The maximum Gasteiger partial charge on any atom is 0.246 e. The Hall–Kier alpha value is -0.920. The van der Waals surface area contributed by atoms with E-state index < -0.39 is 10.0 Å². The highest BCUT2D eigenvalue weighted by Gasteiger charge is 2.41. The highest BCUT2D eigenvalue weighted by atomic mass is 32.2. The van der Waals surface area contributed by atoms with Gasteiger partial charge in [0.15, 0.2) is 0 Å². The molecule has 21 heavy (non-hydrogen) atoms. The largest absolute Gasteiger partial charge is 0.315 e. The summed E-state index contributed by atoms with van der Waals surface area (Å²) in [4.78, 5) is 0.339. The van der Waals surface area contributed by atoms with Crippen LogP contribution in [-0.4, -0.2) is 48.2 Å². The Kier molecular flexibility index (Phi) is 4.33. The molecule has 0 aliphatic heterocycles. The summed E-state index contributed by atoms with van der Waals surface area (Å²) >= 11 is 0. The van der Waals surface area contributed by atoms with Crippen LogP contribution in [0.5, 0.6) is 0 Å². The number of sulfonamides is 1. The molecule has 1 aromatic rings. The molecular formula is C14H24N4O2S. The second-order valence-electron chi connectivity index (χ2n) is 6.04. The van der Waals surface area contributed by atoms with Crippen molar-refractivity contribution >= 4 is 10.0 Å². The van der Waals surface area contributed by atoms with E-state index in [1.807, 2.05) is 6.92 Å². The Morgan fingerprint density at radius 3 is 2.76 bits per heavy atom. The van der Waals surface area contributed by atoms with Crippen LogP contribution < -0.4 is 5.32 Å². The van der Waals surface area contributed by atoms with Crippen molar-refractivity contribution in [2.24, 2.45) is 5.92 Å². The first kappa shape index (κ1) is 15.0. The van der Waals surface area contributed by atoms with E-state index >= 15 is 0 Å². The van der Waals surface area contributed by atoms with Gasteiger partial charge in [0.2, 0.25) is 10.0 Å². The van der Waals surface area contributed by atoms with Crippen molar-refractivity contribution in [3.05, 3.63) is 12.4 Å². The molecule has 0 atom stereocenters. The Morgan fingerprint density at radius 2 is 2.14 bits per heavy atom. The standard InChI is InChI=1S/C14H24N4O2S/c1-2-15-7-8-17-11-14(9-16-17)21(19,20)18(13-5-6-13)10-12-3-4-12/h9,11-13,15H,2-8,10H2,1H3. The monoisotopic (exact) mass is 312 g/mol. The average molecular weight is 312 g/mol. The molecule has 0 amide bonds. The second-order valence-corrected chi connectivity index (χ2v) is 7.93. The fraction of sp³-hybridized carbons (Fsp3) is 0.786. The van der Waals surface area contributed by atoms with Gasteiger partial charge in [-0.05, 0) is 38.1 Å². The van der Waals surface area contributed by atoms with Crippen molar-refractivity contribution in [3.8, 4) is 0 Å². The van der Waals surface area contributed by atoms with E-state index in [1.54, 1.807) is 15.2 Å². The summed E-state index contributed by atoms with van der Waals surface area (Å²) in [7, 11) is -3.37. The van der Waals surface area contributed by atoms with Gasteiger partial charge in [0.25, 0.3) is 0 Å². The van der Waals surface area contributed by atoms with Crippen LogP contribution in [0.2, 0.25) is 0 Å². The zero-order chi connectivity index (χ0) is 14.9. The highest BCUT2D eigenvalue weighted by Crippen LogP contribution is 2.37. The lowest BCUT2D eigenvalue weighted by Crippen LogP contribution is -2.34. The molecule has 0 aromatic carbocycles. The summed E-state index contributed by atoms with van der Waals surface area (Å²) in [5.74, 6) is 0.573. The third-order valence-electron chi connectivity index (χ3n) is 4.07. The van der Waals surface area contributed by atoms with Gasteiger partial charge in [-0.25, -0.2) is 8.42 Å². The molecule has 7 heteroatoms. The predicted molar refractivity (Wildman–Crippen MR) is 80.4 cm³/mol. The Morgan fingerprint density at radius 1 is 1.38 bits per heavy atom. The van der Waals surface area contributed by atoms with Gasteiger partial charge in [-0.15, -0.1) is 0 Å². The first-order chi connectivity index (χ1) is 10.1. The molecule has 2 aliphatic rings. The number of likely N-dealkylation sites (N-methyl/N-ethyl adjacent to an activating group) is 1. The molecule has 2 aliphatic carbocycles. The quantitative estimate of drug-likeness (QED) is 0.692. The zero-order valence-corrected chi connectivity index (χ0v) is 13.3. The van der Waals surface area contributed by atoms with Crippen LogP contribution in [0.4, 0.5) is 0 Å². The van der Waals surface area contributed by atoms with E-state index in [2.05, 4.69) is 10.4 Å². The van der Waals surface area contributed by atoms with Gasteiger partial charge in [-0.3, -0.25) is 4.68 Å². The van der Waals surface area contributed by atoms with E-state index in [-0.39, 0.29) is 6.04 Å². The molecular weight excluding hydrogens is 288 g/mol. The topological polar surface area (TPSA) is 67.2 Å². The van der Waals surface area contributed by atoms with E-state index in [1.165, 1.54) is 19.0 Å². The lowest BCUT2D eigenvalue weighted by Gasteiger charge is -2.20. The molecule has 118 valence electrons. The van der Waals surface area contributed by atoms with Crippen LogP contribution >= 0.6 is 0 Å². The van der Waals surface area contributed by atoms with Crippen molar-refractivity contribution in [1.82, 2.24) is 19.4 Å². The van der Waals surface area contributed by atoms with Crippen LogP contribution in [0, 0.1) is 5.92 Å². The minimum atomic E-state index is -3.37. The van der Waals surface area contributed by atoms with E-state index in [4.69, 9.17) is 0 Å². The molecule has 3 rings (SSSR count). The zero-order valence-electron chi connectivity index (χ0n) is 12.5. The van der Waals surface area contributed by atoms with Crippen LogP contribution in [0.15, 0.2) is 17.3 Å². The van der Waals surface area contributed by atoms with Crippen molar-refractivity contribution in [2.45, 2.75) is 50.1 Å². The molecule has 2 fully saturated rings. The lowest BCUT2D eigenvalue weighted by molar-refractivity contribution is 0.388. The van der Waals surface area contributed by atoms with Gasteiger partial charge in [0, 0.05) is 25.3 Å². The molecule has 0 radical (unpaired) electrons. The third-order valence-corrected chi connectivity index (χ3v) is 5.94. The van der Waals surface area contributed by atoms with Crippen molar-refractivity contribution in [1.29, 1.82) is 0 Å². The predicted octanol–water partition coefficient (Wildman–Crippen LogP) is 1.06. The van der Waals surface area contributed by atoms with Gasteiger partial charge in [0.1, 0.15) is 4.90 Å². The summed E-state index contributed by atoms with van der Waals surface area (Å²) < 4.78 is 29.0. The highest BCUT2D eigenvalue weighted by molar-refractivity contribution is 7.89. The van der Waals surface area contributed by atoms with Crippen LogP contribution in [0.3, 0.4) is 0 Å². The molecule has 0 spiro atoms. The summed E-state index contributed by atoms with van der Waals surface area (Å²) in [6.07, 6.45) is 7.49. The van der Waals surface area contributed by atoms with E-state index in [0.717, 1.165) is 25.9 Å². The number of aromatic nitrogens is 2. The molecule has 6 nitrogen and oxygen atoms in total. The van der Waals surface area contributed by atoms with Gasteiger partial charge < -0.3 is 5.32 Å². The minimum Gasteiger partial charge on any atom is -0.315 e. The second kappa shape index (κ2) is 6.06. The molecule has 1 aromatic heterocycles. The van der Waals surface area contributed by atoms with Crippen molar-refractivity contribution in [3.63, 3.8) is 0 Å². The van der Waals surface area contributed by atoms with E-state index in [0.29, 0.717) is 23.9 Å². The SMILES string of the molecule is CCNCCn1cc(S(=O)(=O)N(CC2CC2)C2CC2)cn1. The normalized spacial score (nSPS) is 19.3. The summed E-state index contributed by atoms with van der Waals surface area (Å²) in [5, 5.41) is 7.39. The number of rotatable bonds is 9. The number of hydrogen-bond acceptors (Lipinski definition) is 4. The van der Waals surface area contributed by atoms with Crippen molar-refractivity contribution in [2.75, 3.05) is 19.6 Å². The Bertz CT molecular complexity index is 576. The third kappa shape index (κ3) is 3.64. The lowest BCUT2D eigenvalue weighted by atomic mass is 10.4. The van der Waals surface area contributed by atoms with Gasteiger partial charge in [-0.2, -0.15) is 9.40 Å². The summed E-state index contributed by atoms with van der Waals surface area (Å²) in [6, 6.07) is 0.223. The number of hydrogen-bond donors (Lipinski definition) is 1. The first-order valence-corrected chi connectivity index (χ1v) is 9.30. The molecule has 1 N–H and O–H groups in total. The Labute approximate surface area is 126 Å². The maximum absolute atomic E-state index is 12.8. The van der Waals surface area contributed by atoms with Crippen LogP contribution in [-0.2, 0) is 16.6 Å². The number of nitrogens with zero attached hydrogens (tertiary/aromatic N) is 3. The molecule has 0 saturated heterocycles. The molecule has 0 bridgehead atoms. The molecule has 2 saturated carbocycles. The fourth-order valence-electron chi connectivity index (χ4n) is 2.47. The smallest absolute Gasteiger partial charge is 0.246 e.